The van der Waals surface area contributed by atoms with Crippen LogP contribution in [0.4, 0.5) is 0 Å². The Hall–Kier alpha value is -1.06. The van der Waals surface area contributed by atoms with Crippen molar-refractivity contribution in [2.75, 3.05) is 26.2 Å². The Balaban J connectivity index is 0.000000882. The molecule has 2 aliphatic rings. The summed E-state index contributed by atoms with van der Waals surface area (Å²) in [4.78, 5) is 2.65. The SMILES string of the molecule is Cl.Cl.c1ccc([C@@H]2CN3CCNC[C@H]3c3ccccc32)cc1. The standard InChI is InChI=1S/C18H20N2.2ClH/c1-2-6-14(7-3-1)17-13-20-11-10-19-12-18(20)16-9-5-4-8-15(16)17;;/h1-9,17-19H,10-13H2;2*1H/t17-,18-;;/m0../s1. The van der Waals surface area contributed by atoms with Crippen molar-refractivity contribution < 1.29 is 0 Å². The zero-order valence-corrected chi connectivity index (χ0v) is 14.1. The zero-order valence-electron chi connectivity index (χ0n) is 12.4. The van der Waals surface area contributed by atoms with Crippen molar-refractivity contribution in [1.29, 1.82) is 0 Å². The molecule has 2 atom stereocenters. The highest BCUT2D eigenvalue weighted by molar-refractivity contribution is 5.85. The Kier molecular flexibility index (Phi) is 5.87. The summed E-state index contributed by atoms with van der Waals surface area (Å²) in [5.41, 5.74) is 4.47. The molecule has 0 aliphatic carbocycles. The van der Waals surface area contributed by atoms with E-state index in [4.69, 9.17) is 0 Å². The van der Waals surface area contributed by atoms with E-state index in [1.54, 1.807) is 0 Å². The lowest BCUT2D eigenvalue weighted by molar-refractivity contribution is 0.143. The fourth-order valence-corrected chi connectivity index (χ4v) is 3.71. The van der Waals surface area contributed by atoms with Crippen molar-refractivity contribution in [1.82, 2.24) is 10.2 Å². The van der Waals surface area contributed by atoms with Crippen LogP contribution in [0.2, 0.25) is 0 Å². The summed E-state index contributed by atoms with van der Waals surface area (Å²) in [6.45, 7) is 4.49. The molecule has 4 heteroatoms. The van der Waals surface area contributed by atoms with Crippen LogP contribution in [0.3, 0.4) is 0 Å². The highest BCUT2D eigenvalue weighted by Gasteiger charge is 2.34. The number of hydrogen-bond donors (Lipinski definition) is 1. The third kappa shape index (κ3) is 3.02. The van der Waals surface area contributed by atoms with E-state index in [0.29, 0.717) is 12.0 Å². The summed E-state index contributed by atoms with van der Waals surface area (Å²) in [5, 5.41) is 3.54. The van der Waals surface area contributed by atoms with E-state index in [2.05, 4.69) is 64.8 Å². The first-order valence-corrected chi connectivity index (χ1v) is 7.52. The Morgan fingerprint density at radius 3 is 2.32 bits per heavy atom. The predicted octanol–water partition coefficient (Wildman–Crippen LogP) is 3.62. The largest absolute Gasteiger partial charge is 0.314 e. The molecule has 2 aromatic carbocycles. The summed E-state index contributed by atoms with van der Waals surface area (Å²) in [6, 6.07) is 20.5. The van der Waals surface area contributed by atoms with E-state index >= 15 is 0 Å². The molecule has 22 heavy (non-hydrogen) atoms. The normalized spacial score (nSPS) is 23.5. The first-order valence-electron chi connectivity index (χ1n) is 7.52. The van der Waals surface area contributed by atoms with Crippen LogP contribution >= 0.6 is 24.8 Å². The molecule has 1 fully saturated rings. The van der Waals surface area contributed by atoms with Gasteiger partial charge in [0.1, 0.15) is 0 Å². The lowest BCUT2D eigenvalue weighted by Crippen LogP contribution is -2.50. The minimum Gasteiger partial charge on any atom is -0.314 e. The number of halogens is 2. The summed E-state index contributed by atoms with van der Waals surface area (Å²) in [6.07, 6.45) is 0. The zero-order chi connectivity index (χ0) is 13.4. The number of nitrogens with one attached hydrogen (secondary N) is 1. The molecule has 4 rings (SSSR count). The molecule has 2 aromatic rings. The van der Waals surface area contributed by atoms with Gasteiger partial charge in [-0.3, -0.25) is 4.90 Å². The molecule has 0 aromatic heterocycles. The van der Waals surface area contributed by atoms with Gasteiger partial charge in [0.25, 0.3) is 0 Å². The molecule has 0 spiro atoms. The van der Waals surface area contributed by atoms with Gasteiger partial charge in [-0.25, -0.2) is 0 Å². The summed E-state index contributed by atoms with van der Waals surface area (Å²) >= 11 is 0. The second-order valence-corrected chi connectivity index (χ2v) is 5.81. The number of nitrogens with zero attached hydrogens (tertiary/aromatic N) is 1. The van der Waals surface area contributed by atoms with Crippen molar-refractivity contribution in [3.63, 3.8) is 0 Å². The van der Waals surface area contributed by atoms with E-state index in [1.807, 2.05) is 0 Å². The van der Waals surface area contributed by atoms with E-state index in [9.17, 15) is 0 Å². The summed E-state index contributed by atoms with van der Waals surface area (Å²) in [5.74, 6) is 0.516. The van der Waals surface area contributed by atoms with Crippen LogP contribution in [0.25, 0.3) is 0 Å². The fraction of sp³-hybridized carbons (Fsp3) is 0.333. The molecule has 2 nitrogen and oxygen atoms in total. The topological polar surface area (TPSA) is 15.3 Å². The van der Waals surface area contributed by atoms with Gasteiger partial charge in [-0.2, -0.15) is 0 Å². The maximum atomic E-state index is 3.54. The van der Waals surface area contributed by atoms with Gasteiger partial charge in [-0.15, -0.1) is 24.8 Å². The number of piperazine rings is 1. The first-order chi connectivity index (χ1) is 9.93. The number of rotatable bonds is 1. The molecule has 1 saturated heterocycles. The second-order valence-electron chi connectivity index (χ2n) is 5.81. The number of benzene rings is 2. The van der Waals surface area contributed by atoms with Crippen LogP contribution in [0.1, 0.15) is 28.7 Å². The third-order valence-electron chi connectivity index (χ3n) is 4.70. The molecule has 118 valence electrons. The van der Waals surface area contributed by atoms with Crippen LogP contribution in [-0.2, 0) is 0 Å². The highest BCUT2D eigenvalue weighted by atomic mass is 35.5. The average Bonchev–Trinajstić information content (AvgIpc) is 2.55. The maximum absolute atomic E-state index is 3.54. The quantitative estimate of drug-likeness (QED) is 0.855. The molecule has 2 aliphatic heterocycles. The van der Waals surface area contributed by atoms with Gasteiger partial charge in [-0.1, -0.05) is 54.6 Å². The number of fused-ring (bicyclic) bond motifs is 3. The molecule has 0 bridgehead atoms. The van der Waals surface area contributed by atoms with Crippen molar-refractivity contribution >= 4 is 24.8 Å². The molecule has 1 N–H and O–H groups in total. The smallest absolute Gasteiger partial charge is 0.0476 e. The summed E-state index contributed by atoms with van der Waals surface area (Å²) in [7, 11) is 0. The molecule has 0 amide bonds. The maximum Gasteiger partial charge on any atom is 0.0476 e. The van der Waals surface area contributed by atoms with Gasteiger partial charge < -0.3 is 5.32 Å². The van der Waals surface area contributed by atoms with Gasteiger partial charge in [0.15, 0.2) is 0 Å². The minimum absolute atomic E-state index is 0. The van der Waals surface area contributed by atoms with Crippen molar-refractivity contribution in [2.24, 2.45) is 0 Å². The van der Waals surface area contributed by atoms with Gasteiger partial charge in [0, 0.05) is 38.1 Å². The Morgan fingerprint density at radius 2 is 1.55 bits per heavy atom. The Bertz CT molecular complexity index is 603. The van der Waals surface area contributed by atoms with Gasteiger partial charge in [0.2, 0.25) is 0 Å². The van der Waals surface area contributed by atoms with Crippen LogP contribution in [-0.4, -0.2) is 31.1 Å². The van der Waals surface area contributed by atoms with E-state index in [1.165, 1.54) is 16.7 Å². The summed E-state index contributed by atoms with van der Waals surface area (Å²) < 4.78 is 0. The average molecular weight is 337 g/mol. The van der Waals surface area contributed by atoms with Crippen LogP contribution in [0, 0.1) is 0 Å². The second kappa shape index (κ2) is 7.47. The lowest BCUT2D eigenvalue weighted by Gasteiger charge is -2.44. The minimum atomic E-state index is 0. The molecular formula is C18H22Cl2N2. The Morgan fingerprint density at radius 1 is 0.864 bits per heavy atom. The number of hydrogen-bond acceptors (Lipinski definition) is 2. The molecule has 0 radical (unpaired) electrons. The third-order valence-corrected chi connectivity index (χ3v) is 4.70. The van der Waals surface area contributed by atoms with Gasteiger partial charge in [-0.05, 0) is 16.7 Å². The molecule has 0 saturated carbocycles. The highest BCUT2D eigenvalue weighted by Crippen LogP contribution is 2.39. The first kappa shape index (κ1) is 17.3. The Labute approximate surface area is 144 Å². The molecular weight excluding hydrogens is 315 g/mol. The predicted molar refractivity (Wildman–Crippen MR) is 96.4 cm³/mol. The van der Waals surface area contributed by atoms with E-state index in [0.717, 1.165) is 26.2 Å². The van der Waals surface area contributed by atoms with Crippen molar-refractivity contribution in [3.8, 4) is 0 Å². The molecule has 0 unspecified atom stereocenters. The van der Waals surface area contributed by atoms with Gasteiger partial charge >= 0.3 is 0 Å². The van der Waals surface area contributed by atoms with Crippen molar-refractivity contribution in [3.05, 3.63) is 71.3 Å². The lowest BCUT2D eigenvalue weighted by atomic mass is 9.81. The van der Waals surface area contributed by atoms with E-state index in [-0.39, 0.29) is 24.8 Å². The van der Waals surface area contributed by atoms with Crippen LogP contribution < -0.4 is 5.32 Å². The monoisotopic (exact) mass is 336 g/mol. The van der Waals surface area contributed by atoms with Crippen molar-refractivity contribution in [2.45, 2.75) is 12.0 Å². The van der Waals surface area contributed by atoms with E-state index < -0.39 is 0 Å². The van der Waals surface area contributed by atoms with Crippen LogP contribution in [0.15, 0.2) is 54.6 Å². The van der Waals surface area contributed by atoms with Crippen LogP contribution in [0.5, 0.6) is 0 Å². The fourth-order valence-electron chi connectivity index (χ4n) is 3.71. The molecule has 2 heterocycles. The van der Waals surface area contributed by atoms with Gasteiger partial charge in [0.05, 0.1) is 0 Å².